The first-order valence-electron chi connectivity index (χ1n) is 5.86. The smallest absolute Gasteiger partial charge is 0.241 e. The molecule has 0 aromatic carbocycles. The normalized spacial score (nSPS) is 32.5. The Balaban J connectivity index is 1.76. The van der Waals surface area contributed by atoms with Crippen molar-refractivity contribution in [1.82, 2.24) is 9.80 Å². The third-order valence-corrected chi connectivity index (χ3v) is 3.57. The average molecular weight is 211 g/mol. The summed E-state index contributed by atoms with van der Waals surface area (Å²) in [6.45, 7) is 8.44. The van der Waals surface area contributed by atoms with Crippen molar-refractivity contribution < 1.29 is 4.79 Å². The lowest BCUT2D eigenvalue weighted by molar-refractivity contribution is -0.143. The van der Waals surface area contributed by atoms with Gasteiger partial charge in [-0.05, 0) is 32.7 Å². The summed E-state index contributed by atoms with van der Waals surface area (Å²) in [5, 5.41) is 0. The van der Waals surface area contributed by atoms with Gasteiger partial charge in [-0.25, -0.2) is 0 Å². The number of amides is 1. The fourth-order valence-corrected chi connectivity index (χ4v) is 2.48. The molecule has 86 valence electrons. The van der Waals surface area contributed by atoms with E-state index in [9.17, 15) is 4.79 Å². The molecular weight excluding hydrogens is 190 g/mol. The summed E-state index contributed by atoms with van der Waals surface area (Å²) in [6, 6.07) is 0.414. The molecule has 2 rings (SSSR count). The summed E-state index contributed by atoms with van der Waals surface area (Å²) in [7, 11) is 0. The minimum absolute atomic E-state index is 0.137. The van der Waals surface area contributed by atoms with Crippen LogP contribution in [0.25, 0.3) is 0 Å². The number of hydrogen-bond acceptors (Lipinski definition) is 3. The number of carbonyl (C=O) groups is 1. The van der Waals surface area contributed by atoms with Crippen LogP contribution in [-0.4, -0.2) is 54.0 Å². The van der Waals surface area contributed by atoms with Crippen LogP contribution in [0.3, 0.4) is 0 Å². The lowest BCUT2D eigenvalue weighted by Crippen LogP contribution is -2.61. The van der Waals surface area contributed by atoms with Gasteiger partial charge in [-0.2, -0.15) is 0 Å². The molecule has 0 aromatic heterocycles. The number of hydrogen-bond donors (Lipinski definition) is 1. The van der Waals surface area contributed by atoms with Gasteiger partial charge in [0, 0.05) is 25.7 Å². The van der Waals surface area contributed by atoms with Crippen molar-refractivity contribution in [3.63, 3.8) is 0 Å². The first-order valence-corrected chi connectivity index (χ1v) is 5.86. The summed E-state index contributed by atoms with van der Waals surface area (Å²) < 4.78 is 0. The molecule has 2 atom stereocenters. The highest BCUT2D eigenvalue weighted by atomic mass is 16.2. The summed E-state index contributed by atoms with van der Waals surface area (Å²) in [6.07, 6.45) is 1.22. The number of likely N-dealkylation sites (tertiary alicyclic amines) is 2. The van der Waals surface area contributed by atoms with Crippen LogP contribution in [0.5, 0.6) is 0 Å². The maximum Gasteiger partial charge on any atom is 0.241 e. The number of nitrogens with two attached hydrogens (primary N) is 1. The number of rotatable bonds is 3. The minimum atomic E-state index is -0.215. The maximum absolute atomic E-state index is 11.4. The molecule has 2 fully saturated rings. The van der Waals surface area contributed by atoms with E-state index < -0.39 is 0 Å². The van der Waals surface area contributed by atoms with E-state index in [4.69, 9.17) is 5.73 Å². The number of β-lactam (4-membered cyclic amide) rings is 1. The Morgan fingerprint density at radius 1 is 1.47 bits per heavy atom. The third-order valence-electron chi connectivity index (χ3n) is 3.57. The van der Waals surface area contributed by atoms with Crippen molar-refractivity contribution in [3.8, 4) is 0 Å². The van der Waals surface area contributed by atoms with Gasteiger partial charge in [0.05, 0.1) is 0 Å². The van der Waals surface area contributed by atoms with Gasteiger partial charge < -0.3 is 15.5 Å². The maximum atomic E-state index is 11.4. The zero-order chi connectivity index (χ0) is 11.0. The van der Waals surface area contributed by atoms with Crippen molar-refractivity contribution in [2.75, 3.05) is 26.2 Å². The Labute approximate surface area is 91.4 Å². The largest absolute Gasteiger partial charge is 0.339 e. The number of nitrogens with zero attached hydrogens (tertiary/aromatic N) is 2. The summed E-state index contributed by atoms with van der Waals surface area (Å²) in [5.41, 5.74) is 5.56. The molecule has 0 bridgehead atoms. The van der Waals surface area contributed by atoms with Gasteiger partial charge in [0.15, 0.2) is 0 Å². The van der Waals surface area contributed by atoms with Crippen molar-refractivity contribution in [2.24, 2.45) is 11.7 Å². The predicted molar refractivity (Wildman–Crippen MR) is 59.4 cm³/mol. The zero-order valence-corrected chi connectivity index (χ0v) is 9.65. The van der Waals surface area contributed by atoms with Crippen LogP contribution in [0.4, 0.5) is 0 Å². The molecule has 2 saturated heterocycles. The second kappa shape index (κ2) is 4.10. The van der Waals surface area contributed by atoms with E-state index in [0.717, 1.165) is 19.6 Å². The van der Waals surface area contributed by atoms with E-state index in [1.54, 1.807) is 0 Å². The zero-order valence-electron chi connectivity index (χ0n) is 9.65. The average Bonchev–Trinajstić information content (AvgIpc) is 2.65. The van der Waals surface area contributed by atoms with Gasteiger partial charge in [-0.3, -0.25) is 4.79 Å². The van der Waals surface area contributed by atoms with Gasteiger partial charge >= 0.3 is 0 Å². The van der Waals surface area contributed by atoms with Crippen LogP contribution in [0.15, 0.2) is 0 Å². The van der Waals surface area contributed by atoms with Crippen LogP contribution in [0.1, 0.15) is 20.3 Å². The van der Waals surface area contributed by atoms with Gasteiger partial charge in [0.25, 0.3) is 0 Å². The first kappa shape index (κ1) is 10.9. The lowest BCUT2D eigenvalue weighted by atomic mass is 10.0. The van der Waals surface area contributed by atoms with E-state index in [1.165, 1.54) is 13.0 Å². The fourth-order valence-electron chi connectivity index (χ4n) is 2.48. The summed E-state index contributed by atoms with van der Waals surface area (Å²) in [5.74, 6) is 0.793. The van der Waals surface area contributed by atoms with Crippen molar-refractivity contribution in [1.29, 1.82) is 0 Å². The molecule has 0 aliphatic carbocycles. The van der Waals surface area contributed by atoms with Crippen LogP contribution in [0, 0.1) is 5.92 Å². The van der Waals surface area contributed by atoms with Gasteiger partial charge in [0.2, 0.25) is 5.91 Å². The quantitative estimate of drug-likeness (QED) is 0.662. The molecular formula is C11H21N3O. The van der Waals surface area contributed by atoms with Gasteiger partial charge in [0.1, 0.15) is 6.04 Å². The monoisotopic (exact) mass is 211 g/mol. The highest BCUT2D eigenvalue weighted by Gasteiger charge is 2.36. The summed E-state index contributed by atoms with van der Waals surface area (Å²) >= 11 is 0. The van der Waals surface area contributed by atoms with E-state index in [1.807, 2.05) is 4.90 Å². The molecule has 2 aliphatic heterocycles. The van der Waals surface area contributed by atoms with E-state index in [-0.39, 0.29) is 11.9 Å². The third kappa shape index (κ3) is 2.16. The molecule has 4 nitrogen and oxygen atoms in total. The molecule has 0 saturated carbocycles. The molecule has 2 N–H and O–H groups in total. The van der Waals surface area contributed by atoms with Crippen LogP contribution in [0.2, 0.25) is 0 Å². The standard InChI is InChI=1S/C11H21N3O/c1-8(2)13-4-3-9(5-13)6-14-7-10(12)11(14)15/h8-10H,3-7,12H2,1-2H3. The second-order valence-electron chi connectivity index (χ2n) is 5.09. The van der Waals surface area contributed by atoms with Gasteiger partial charge in [-0.1, -0.05) is 0 Å². The Kier molecular flexibility index (Phi) is 2.98. The molecule has 2 heterocycles. The Bertz CT molecular complexity index is 254. The van der Waals surface area contributed by atoms with E-state index in [2.05, 4.69) is 18.7 Å². The van der Waals surface area contributed by atoms with E-state index in [0.29, 0.717) is 12.0 Å². The highest BCUT2D eigenvalue weighted by Crippen LogP contribution is 2.21. The SMILES string of the molecule is CC(C)N1CCC(CN2CC(N)C2=O)C1. The Morgan fingerprint density at radius 3 is 2.67 bits per heavy atom. The topological polar surface area (TPSA) is 49.6 Å². The van der Waals surface area contributed by atoms with Gasteiger partial charge in [-0.15, -0.1) is 0 Å². The fraction of sp³-hybridized carbons (Fsp3) is 0.909. The molecule has 2 aliphatic rings. The number of carbonyl (C=O) groups excluding carboxylic acids is 1. The molecule has 2 unspecified atom stereocenters. The Morgan fingerprint density at radius 2 is 2.20 bits per heavy atom. The Hall–Kier alpha value is -0.610. The van der Waals surface area contributed by atoms with Crippen molar-refractivity contribution in [3.05, 3.63) is 0 Å². The van der Waals surface area contributed by atoms with Crippen molar-refractivity contribution >= 4 is 5.91 Å². The molecule has 0 spiro atoms. The van der Waals surface area contributed by atoms with Crippen molar-refractivity contribution in [2.45, 2.75) is 32.4 Å². The van der Waals surface area contributed by atoms with Crippen LogP contribution >= 0.6 is 0 Å². The molecule has 1 amide bonds. The highest BCUT2D eigenvalue weighted by molar-refractivity contribution is 5.87. The molecule has 4 heteroatoms. The van der Waals surface area contributed by atoms with Crippen LogP contribution in [-0.2, 0) is 4.79 Å². The molecule has 15 heavy (non-hydrogen) atoms. The predicted octanol–water partition coefficient (Wildman–Crippen LogP) is -0.114. The lowest BCUT2D eigenvalue weighted by Gasteiger charge is -2.37. The van der Waals surface area contributed by atoms with E-state index >= 15 is 0 Å². The first-order chi connectivity index (χ1) is 7.08. The second-order valence-corrected chi connectivity index (χ2v) is 5.09. The van der Waals surface area contributed by atoms with Crippen LogP contribution < -0.4 is 5.73 Å². The molecule has 0 radical (unpaired) electrons. The molecule has 0 aromatic rings. The summed E-state index contributed by atoms with van der Waals surface area (Å²) in [4.78, 5) is 15.7. The minimum Gasteiger partial charge on any atom is -0.339 e.